The van der Waals surface area contributed by atoms with Gasteiger partial charge in [-0.25, -0.2) is 0 Å². The molecule has 1 aromatic heterocycles. The molecule has 0 aliphatic carbocycles. The van der Waals surface area contributed by atoms with Crippen LogP contribution in [-0.4, -0.2) is 53.1 Å². The Morgan fingerprint density at radius 1 is 1.44 bits per heavy atom. The van der Waals surface area contributed by atoms with E-state index in [1.807, 2.05) is 0 Å². The van der Waals surface area contributed by atoms with Gasteiger partial charge in [0, 0.05) is 33.4 Å². The van der Waals surface area contributed by atoms with E-state index in [-0.39, 0.29) is 0 Å². The van der Waals surface area contributed by atoms with Crippen LogP contribution in [0.5, 0.6) is 0 Å². The molecule has 1 heterocycles. The third-order valence-electron chi connectivity index (χ3n) is 2.12. The van der Waals surface area contributed by atoms with E-state index in [1.54, 1.807) is 25.0 Å². The lowest BCUT2D eigenvalue weighted by Gasteiger charge is -2.08. The van der Waals surface area contributed by atoms with E-state index in [1.165, 1.54) is 0 Å². The minimum absolute atomic E-state index is 0.431. The molecule has 1 unspecified atom stereocenters. The summed E-state index contributed by atoms with van der Waals surface area (Å²) >= 11 is 0. The van der Waals surface area contributed by atoms with Crippen LogP contribution in [0.3, 0.4) is 0 Å². The molecule has 1 aromatic rings. The second-order valence-electron chi connectivity index (χ2n) is 3.64. The first-order valence-electron chi connectivity index (χ1n) is 5.32. The maximum Gasteiger partial charge on any atom is 0.0852 e. The number of hydrogen-bond acceptors (Lipinski definition) is 5. The second-order valence-corrected chi connectivity index (χ2v) is 3.64. The van der Waals surface area contributed by atoms with Crippen molar-refractivity contribution in [2.75, 3.05) is 26.9 Å². The quantitative estimate of drug-likeness (QED) is 0.624. The predicted molar refractivity (Wildman–Crippen MR) is 58.0 cm³/mol. The second kappa shape index (κ2) is 7.32. The molecule has 0 saturated carbocycles. The molecule has 0 aliphatic rings. The average Bonchev–Trinajstić information content (AvgIpc) is 2.63. The first kappa shape index (κ1) is 13.1. The zero-order valence-corrected chi connectivity index (χ0v) is 9.80. The molecule has 0 aromatic carbocycles. The monoisotopic (exact) mass is 229 g/mol. The Hall–Kier alpha value is -0.980. The Kier molecular flexibility index (Phi) is 5.99. The van der Waals surface area contributed by atoms with E-state index in [0.29, 0.717) is 32.7 Å². The zero-order valence-electron chi connectivity index (χ0n) is 9.80. The Labute approximate surface area is 95.2 Å². The molecule has 0 radical (unpaired) electrons. The van der Waals surface area contributed by atoms with Crippen molar-refractivity contribution in [1.82, 2.24) is 15.0 Å². The van der Waals surface area contributed by atoms with Crippen LogP contribution in [-0.2, 0) is 22.9 Å². The summed E-state index contributed by atoms with van der Waals surface area (Å²) in [5, 5.41) is 17.4. The lowest BCUT2D eigenvalue weighted by Crippen LogP contribution is -2.15. The van der Waals surface area contributed by atoms with Gasteiger partial charge in [0.25, 0.3) is 0 Å². The number of methoxy groups -OCH3 is 1. The number of aliphatic hydroxyl groups is 1. The SMILES string of the molecule is COCCOCCC(O)Cc1cn(C)nn1. The van der Waals surface area contributed by atoms with Gasteiger partial charge in [0.05, 0.1) is 25.0 Å². The van der Waals surface area contributed by atoms with Gasteiger partial charge in [0.15, 0.2) is 0 Å². The molecule has 0 amide bonds. The average molecular weight is 229 g/mol. The summed E-state index contributed by atoms with van der Waals surface area (Å²) in [5.74, 6) is 0. The number of hydrogen-bond donors (Lipinski definition) is 1. The van der Waals surface area contributed by atoms with Crippen LogP contribution < -0.4 is 0 Å². The third kappa shape index (κ3) is 5.20. The molecule has 6 heteroatoms. The number of aryl methyl sites for hydroxylation is 1. The van der Waals surface area contributed by atoms with Crippen LogP contribution in [0.4, 0.5) is 0 Å². The Balaban J connectivity index is 2.09. The van der Waals surface area contributed by atoms with Crippen molar-refractivity contribution in [2.24, 2.45) is 7.05 Å². The fourth-order valence-corrected chi connectivity index (χ4v) is 1.30. The molecule has 0 fully saturated rings. The molecule has 6 nitrogen and oxygen atoms in total. The Morgan fingerprint density at radius 3 is 2.88 bits per heavy atom. The first-order chi connectivity index (χ1) is 7.72. The van der Waals surface area contributed by atoms with Crippen LogP contribution in [0.1, 0.15) is 12.1 Å². The lowest BCUT2D eigenvalue weighted by molar-refractivity contribution is 0.0477. The largest absolute Gasteiger partial charge is 0.393 e. The topological polar surface area (TPSA) is 69.4 Å². The van der Waals surface area contributed by atoms with Crippen molar-refractivity contribution in [1.29, 1.82) is 0 Å². The molecule has 1 N–H and O–H groups in total. The van der Waals surface area contributed by atoms with Crippen molar-refractivity contribution in [3.05, 3.63) is 11.9 Å². The highest BCUT2D eigenvalue weighted by Gasteiger charge is 2.08. The van der Waals surface area contributed by atoms with Crippen LogP contribution in [0.2, 0.25) is 0 Å². The lowest BCUT2D eigenvalue weighted by atomic mass is 10.1. The van der Waals surface area contributed by atoms with E-state index in [2.05, 4.69) is 10.3 Å². The third-order valence-corrected chi connectivity index (χ3v) is 2.12. The van der Waals surface area contributed by atoms with Gasteiger partial charge in [-0.3, -0.25) is 4.68 Å². The van der Waals surface area contributed by atoms with Crippen molar-refractivity contribution in [3.63, 3.8) is 0 Å². The Morgan fingerprint density at radius 2 is 2.25 bits per heavy atom. The first-order valence-corrected chi connectivity index (χ1v) is 5.32. The minimum atomic E-state index is -0.431. The molecular weight excluding hydrogens is 210 g/mol. The fraction of sp³-hybridized carbons (Fsp3) is 0.800. The number of ether oxygens (including phenoxy) is 2. The van der Waals surface area contributed by atoms with Crippen LogP contribution >= 0.6 is 0 Å². The number of nitrogens with zero attached hydrogens (tertiary/aromatic N) is 3. The maximum atomic E-state index is 9.68. The van der Waals surface area contributed by atoms with E-state index < -0.39 is 6.10 Å². The summed E-state index contributed by atoms with van der Waals surface area (Å²) < 4.78 is 11.7. The van der Waals surface area contributed by atoms with Crippen molar-refractivity contribution in [2.45, 2.75) is 18.9 Å². The smallest absolute Gasteiger partial charge is 0.0852 e. The van der Waals surface area contributed by atoms with Gasteiger partial charge in [-0.2, -0.15) is 0 Å². The van der Waals surface area contributed by atoms with Gasteiger partial charge in [0.2, 0.25) is 0 Å². The van der Waals surface area contributed by atoms with Gasteiger partial charge >= 0.3 is 0 Å². The molecule has 16 heavy (non-hydrogen) atoms. The van der Waals surface area contributed by atoms with Crippen LogP contribution in [0, 0.1) is 0 Å². The summed E-state index contributed by atoms with van der Waals surface area (Å²) in [6, 6.07) is 0. The molecular formula is C10H19N3O3. The van der Waals surface area contributed by atoms with Gasteiger partial charge in [-0.1, -0.05) is 5.21 Å². The minimum Gasteiger partial charge on any atom is -0.393 e. The highest BCUT2D eigenvalue weighted by molar-refractivity contribution is 4.93. The summed E-state index contributed by atoms with van der Waals surface area (Å²) in [6.45, 7) is 1.68. The van der Waals surface area contributed by atoms with E-state index >= 15 is 0 Å². The number of rotatable bonds is 8. The molecule has 0 saturated heterocycles. The van der Waals surface area contributed by atoms with Gasteiger partial charge in [0.1, 0.15) is 0 Å². The highest BCUT2D eigenvalue weighted by Crippen LogP contribution is 2.02. The summed E-state index contributed by atoms with van der Waals surface area (Å²) in [6.07, 6.45) is 2.48. The van der Waals surface area contributed by atoms with E-state index in [9.17, 15) is 5.11 Å². The predicted octanol–water partition coefficient (Wildman–Crippen LogP) is -0.228. The number of aromatic nitrogens is 3. The number of aliphatic hydroxyl groups excluding tert-OH is 1. The van der Waals surface area contributed by atoms with Crippen LogP contribution in [0.25, 0.3) is 0 Å². The molecule has 92 valence electrons. The molecule has 0 aliphatic heterocycles. The highest BCUT2D eigenvalue weighted by atomic mass is 16.5. The summed E-state index contributed by atoms with van der Waals surface area (Å²) in [5.41, 5.74) is 0.798. The molecule has 0 spiro atoms. The van der Waals surface area contributed by atoms with Gasteiger partial charge < -0.3 is 14.6 Å². The van der Waals surface area contributed by atoms with Crippen molar-refractivity contribution < 1.29 is 14.6 Å². The van der Waals surface area contributed by atoms with Gasteiger partial charge in [-0.05, 0) is 6.42 Å². The van der Waals surface area contributed by atoms with Crippen molar-refractivity contribution >= 4 is 0 Å². The Bertz CT molecular complexity index is 291. The summed E-state index contributed by atoms with van der Waals surface area (Å²) in [7, 11) is 3.43. The molecule has 1 rings (SSSR count). The molecule has 1 atom stereocenters. The maximum absolute atomic E-state index is 9.68. The van der Waals surface area contributed by atoms with Crippen molar-refractivity contribution in [3.8, 4) is 0 Å². The van der Waals surface area contributed by atoms with E-state index in [0.717, 1.165) is 5.69 Å². The summed E-state index contributed by atoms with van der Waals surface area (Å²) in [4.78, 5) is 0. The van der Waals surface area contributed by atoms with Gasteiger partial charge in [-0.15, -0.1) is 5.10 Å². The normalized spacial score (nSPS) is 12.9. The molecule has 0 bridgehead atoms. The standard InChI is InChI=1S/C10H19N3O3/c1-13-8-9(11-12-13)7-10(14)3-4-16-6-5-15-2/h8,10,14H,3-7H2,1-2H3. The fourth-order valence-electron chi connectivity index (χ4n) is 1.30. The van der Waals surface area contributed by atoms with Crippen LogP contribution in [0.15, 0.2) is 6.20 Å². The van der Waals surface area contributed by atoms with E-state index in [4.69, 9.17) is 9.47 Å². The zero-order chi connectivity index (χ0) is 11.8.